The number of rotatable bonds is 1. The molecule has 92 valence electrons. The number of carbonyl (C=O) groups is 1. The molecule has 0 radical (unpaired) electrons. The van der Waals surface area contributed by atoms with Crippen LogP contribution in [0.15, 0.2) is 40.9 Å². The lowest BCUT2D eigenvalue weighted by Crippen LogP contribution is -2.00. The van der Waals surface area contributed by atoms with E-state index in [1.807, 2.05) is 30.3 Å². The van der Waals surface area contributed by atoms with E-state index in [1.54, 1.807) is 6.07 Å². The van der Waals surface area contributed by atoms with E-state index in [0.717, 1.165) is 15.2 Å². The van der Waals surface area contributed by atoms with Gasteiger partial charge in [0, 0.05) is 4.47 Å². The van der Waals surface area contributed by atoms with Crippen molar-refractivity contribution >= 4 is 49.7 Å². The molecule has 17 heavy (non-hydrogen) atoms. The van der Waals surface area contributed by atoms with Crippen LogP contribution >= 0.6 is 32.9 Å². The topological polar surface area (TPSA) is 61.3 Å². The van der Waals surface area contributed by atoms with Crippen LogP contribution in [0.3, 0.4) is 0 Å². The zero-order valence-corrected chi connectivity index (χ0v) is 12.6. The number of halogens is 2. The summed E-state index contributed by atoms with van der Waals surface area (Å²) >= 11 is 3.44. The molecule has 0 saturated carbocycles. The summed E-state index contributed by atoms with van der Waals surface area (Å²) in [6, 6.07) is 11.5. The van der Waals surface area contributed by atoms with Gasteiger partial charge < -0.3 is 10.9 Å². The SMILES string of the molecule is Br.COC(=O)c1cc(Br)c2ccccc2c1.N. The van der Waals surface area contributed by atoms with Crippen LogP contribution in [0, 0.1) is 0 Å². The first-order chi connectivity index (χ1) is 7.22. The van der Waals surface area contributed by atoms with E-state index in [2.05, 4.69) is 20.7 Å². The Morgan fingerprint density at radius 2 is 1.88 bits per heavy atom. The van der Waals surface area contributed by atoms with Crippen LogP contribution in [0.1, 0.15) is 10.4 Å². The number of methoxy groups -OCH3 is 1. The Hall–Kier alpha value is -0.910. The van der Waals surface area contributed by atoms with Gasteiger partial charge in [-0.15, -0.1) is 17.0 Å². The van der Waals surface area contributed by atoms with Crippen molar-refractivity contribution in [1.82, 2.24) is 6.15 Å². The predicted octanol–water partition coefficient (Wildman–Crippen LogP) is 4.13. The molecule has 0 amide bonds. The van der Waals surface area contributed by atoms with Crippen LogP contribution in [0.5, 0.6) is 0 Å². The third kappa shape index (κ3) is 3.28. The number of ether oxygens (including phenoxy) is 1. The lowest BCUT2D eigenvalue weighted by atomic mass is 10.1. The van der Waals surface area contributed by atoms with Crippen LogP contribution in [0.4, 0.5) is 0 Å². The van der Waals surface area contributed by atoms with Crippen molar-refractivity contribution < 1.29 is 9.53 Å². The summed E-state index contributed by atoms with van der Waals surface area (Å²) < 4.78 is 5.58. The zero-order chi connectivity index (χ0) is 10.8. The molecular formula is C12H13Br2NO2. The molecule has 2 aromatic carbocycles. The summed E-state index contributed by atoms with van der Waals surface area (Å²) in [5.41, 5.74) is 0.558. The van der Waals surface area contributed by atoms with Gasteiger partial charge in [0.05, 0.1) is 12.7 Å². The minimum absolute atomic E-state index is 0. The van der Waals surface area contributed by atoms with Crippen molar-refractivity contribution in [2.24, 2.45) is 0 Å². The predicted molar refractivity (Wildman–Crippen MR) is 78.3 cm³/mol. The Bertz CT molecular complexity index is 529. The zero-order valence-electron chi connectivity index (χ0n) is 9.27. The van der Waals surface area contributed by atoms with Crippen molar-refractivity contribution in [3.05, 3.63) is 46.4 Å². The monoisotopic (exact) mass is 361 g/mol. The molecule has 0 heterocycles. The first-order valence-electron chi connectivity index (χ1n) is 4.49. The normalized spacial score (nSPS) is 9.06. The molecule has 0 aliphatic carbocycles. The fourth-order valence-electron chi connectivity index (χ4n) is 1.50. The van der Waals surface area contributed by atoms with Gasteiger partial charge >= 0.3 is 5.97 Å². The summed E-state index contributed by atoms with van der Waals surface area (Å²) in [4.78, 5) is 11.4. The van der Waals surface area contributed by atoms with E-state index in [-0.39, 0.29) is 29.1 Å². The fourth-order valence-corrected chi connectivity index (χ4v) is 2.11. The van der Waals surface area contributed by atoms with E-state index >= 15 is 0 Å². The van der Waals surface area contributed by atoms with Crippen molar-refractivity contribution in [2.45, 2.75) is 0 Å². The molecule has 0 saturated heterocycles. The Morgan fingerprint density at radius 3 is 2.53 bits per heavy atom. The van der Waals surface area contributed by atoms with Gasteiger partial charge in [-0.2, -0.15) is 0 Å². The lowest BCUT2D eigenvalue weighted by Gasteiger charge is -2.04. The quantitative estimate of drug-likeness (QED) is 0.776. The van der Waals surface area contributed by atoms with Crippen LogP contribution in [0.2, 0.25) is 0 Å². The lowest BCUT2D eigenvalue weighted by molar-refractivity contribution is 0.0601. The maximum absolute atomic E-state index is 11.4. The van der Waals surface area contributed by atoms with Crippen LogP contribution in [0.25, 0.3) is 10.8 Å². The van der Waals surface area contributed by atoms with Gasteiger partial charge in [-0.1, -0.05) is 40.2 Å². The first kappa shape index (κ1) is 16.1. The molecule has 5 heteroatoms. The van der Waals surface area contributed by atoms with Gasteiger partial charge in [0.2, 0.25) is 0 Å². The summed E-state index contributed by atoms with van der Waals surface area (Å²) in [6.45, 7) is 0. The summed E-state index contributed by atoms with van der Waals surface area (Å²) in [5.74, 6) is -0.318. The molecule has 0 bridgehead atoms. The Labute approximate surface area is 119 Å². The second-order valence-electron chi connectivity index (χ2n) is 3.17. The van der Waals surface area contributed by atoms with Crippen molar-refractivity contribution in [3.63, 3.8) is 0 Å². The maximum atomic E-state index is 11.4. The van der Waals surface area contributed by atoms with Crippen LogP contribution < -0.4 is 6.15 Å². The van der Waals surface area contributed by atoms with E-state index in [4.69, 9.17) is 0 Å². The molecule has 0 fully saturated rings. The van der Waals surface area contributed by atoms with Crippen LogP contribution in [-0.2, 0) is 4.74 Å². The number of hydrogen-bond donors (Lipinski definition) is 1. The van der Waals surface area contributed by atoms with E-state index in [0.29, 0.717) is 5.56 Å². The van der Waals surface area contributed by atoms with Gasteiger partial charge in [-0.05, 0) is 22.9 Å². The molecular weight excluding hydrogens is 350 g/mol. The summed E-state index contributed by atoms with van der Waals surface area (Å²) in [7, 11) is 1.38. The third-order valence-electron chi connectivity index (χ3n) is 2.23. The molecule has 0 aromatic heterocycles. The molecule has 0 unspecified atom stereocenters. The Morgan fingerprint density at radius 1 is 1.24 bits per heavy atom. The number of carbonyl (C=O) groups excluding carboxylic acids is 1. The molecule has 2 aromatic rings. The van der Waals surface area contributed by atoms with Gasteiger partial charge in [-0.25, -0.2) is 4.79 Å². The second-order valence-corrected chi connectivity index (χ2v) is 4.03. The average Bonchev–Trinajstić information content (AvgIpc) is 2.28. The van der Waals surface area contributed by atoms with Crippen molar-refractivity contribution in [1.29, 1.82) is 0 Å². The van der Waals surface area contributed by atoms with Crippen molar-refractivity contribution in [3.8, 4) is 0 Å². The summed E-state index contributed by atoms with van der Waals surface area (Å²) in [6.07, 6.45) is 0. The highest BCUT2D eigenvalue weighted by Crippen LogP contribution is 2.25. The molecule has 0 aliphatic heterocycles. The standard InChI is InChI=1S/C12H9BrO2.BrH.H3N/c1-15-12(14)9-6-8-4-2-3-5-10(8)11(13)7-9;;/h2-7H,1H3;1H;1H3. The fraction of sp³-hybridized carbons (Fsp3) is 0.0833. The van der Waals surface area contributed by atoms with Crippen molar-refractivity contribution in [2.75, 3.05) is 7.11 Å². The molecule has 0 spiro atoms. The largest absolute Gasteiger partial charge is 0.465 e. The number of benzene rings is 2. The highest BCUT2D eigenvalue weighted by molar-refractivity contribution is 9.10. The smallest absolute Gasteiger partial charge is 0.337 e. The first-order valence-corrected chi connectivity index (χ1v) is 5.28. The van der Waals surface area contributed by atoms with E-state index < -0.39 is 0 Å². The maximum Gasteiger partial charge on any atom is 0.337 e. The molecule has 0 atom stereocenters. The number of esters is 1. The minimum atomic E-state index is -0.318. The molecule has 0 aliphatic rings. The highest BCUT2D eigenvalue weighted by Gasteiger charge is 2.08. The molecule has 3 nitrogen and oxygen atoms in total. The Kier molecular flexibility index (Phi) is 6.37. The summed E-state index contributed by atoms with van der Waals surface area (Å²) in [5, 5.41) is 2.11. The highest BCUT2D eigenvalue weighted by atomic mass is 79.9. The number of fused-ring (bicyclic) bond motifs is 1. The van der Waals surface area contributed by atoms with E-state index in [1.165, 1.54) is 7.11 Å². The third-order valence-corrected chi connectivity index (χ3v) is 2.89. The average molecular weight is 363 g/mol. The van der Waals surface area contributed by atoms with E-state index in [9.17, 15) is 4.79 Å². The van der Waals surface area contributed by atoms with Gasteiger partial charge in [-0.3, -0.25) is 0 Å². The Balaban J connectivity index is 0.00000128. The van der Waals surface area contributed by atoms with Gasteiger partial charge in [0.15, 0.2) is 0 Å². The number of hydrogen-bond acceptors (Lipinski definition) is 3. The van der Waals surface area contributed by atoms with Gasteiger partial charge in [0.1, 0.15) is 0 Å². The van der Waals surface area contributed by atoms with Crippen LogP contribution in [-0.4, -0.2) is 13.1 Å². The molecule has 2 rings (SSSR count). The van der Waals surface area contributed by atoms with Gasteiger partial charge in [0.25, 0.3) is 0 Å². The second kappa shape index (κ2) is 6.74. The minimum Gasteiger partial charge on any atom is -0.465 e. The molecule has 3 N–H and O–H groups in total.